The Balaban J connectivity index is 1.65. The van der Waals surface area contributed by atoms with E-state index >= 15 is 0 Å². The molecule has 0 saturated heterocycles. The highest BCUT2D eigenvalue weighted by Crippen LogP contribution is 2.29. The van der Waals surface area contributed by atoms with Crippen LogP contribution in [-0.4, -0.2) is 11.9 Å². The van der Waals surface area contributed by atoms with E-state index in [0.717, 1.165) is 5.75 Å². The van der Waals surface area contributed by atoms with Gasteiger partial charge in [-0.1, -0.05) is 36.4 Å². The maximum atomic E-state index is 12.6. The summed E-state index contributed by atoms with van der Waals surface area (Å²) >= 11 is 1.68. The Bertz CT molecular complexity index is 834. The van der Waals surface area contributed by atoms with Gasteiger partial charge in [0.15, 0.2) is 5.75 Å². The molecule has 1 heterocycles. The normalized spacial score (nSPS) is 13.0. The van der Waals surface area contributed by atoms with E-state index in [4.69, 9.17) is 4.74 Å². The topological polar surface area (TPSA) is 50.4 Å². The number of carbonyl (C=O) groups excluding carboxylic acids is 1. The number of hydrogen-bond acceptors (Lipinski definition) is 4. The van der Waals surface area contributed by atoms with Gasteiger partial charge in [-0.3, -0.25) is 10.1 Å². The molecule has 2 aromatic carbocycles. The molecule has 0 bridgehead atoms. The summed E-state index contributed by atoms with van der Waals surface area (Å²) < 4.78 is 5.90. The lowest BCUT2D eigenvalue weighted by molar-refractivity contribution is -0.117. The fourth-order valence-corrected chi connectivity index (χ4v) is 3.33. The van der Waals surface area contributed by atoms with E-state index in [-0.39, 0.29) is 18.0 Å². The van der Waals surface area contributed by atoms with Crippen LogP contribution in [0.2, 0.25) is 0 Å². The molecule has 0 fully saturated rings. The van der Waals surface area contributed by atoms with Crippen LogP contribution in [0.15, 0.2) is 72.1 Å². The van der Waals surface area contributed by atoms with Crippen LogP contribution in [0.3, 0.4) is 0 Å². The Morgan fingerprint density at radius 1 is 0.962 bits per heavy atom. The van der Waals surface area contributed by atoms with Gasteiger partial charge < -0.3 is 10.1 Å². The highest BCUT2D eigenvalue weighted by Gasteiger charge is 2.18. The minimum absolute atomic E-state index is 0.0995. The number of ether oxygens (including phenoxy) is 1. The SMILES string of the molecule is CC(NC(C)c1cccs1)C(=O)Nc1ccccc1Oc1ccccc1. The van der Waals surface area contributed by atoms with Crippen molar-refractivity contribution in [1.29, 1.82) is 0 Å². The van der Waals surface area contributed by atoms with E-state index in [0.29, 0.717) is 11.4 Å². The second-order valence-corrected chi connectivity index (χ2v) is 7.01. The number of nitrogens with one attached hydrogen (secondary N) is 2. The molecule has 1 amide bonds. The van der Waals surface area contributed by atoms with Crippen LogP contribution in [0.25, 0.3) is 0 Å². The van der Waals surface area contributed by atoms with Crippen molar-refractivity contribution in [1.82, 2.24) is 5.32 Å². The highest BCUT2D eigenvalue weighted by atomic mass is 32.1. The largest absolute Gasteiger partial charge is 0.455 e. The predicted molar refractivity (Wildman–Crippen MR) is 107 cm³/mol. The van der Waals surface area contributed by atoms with Crippen molar-refractivity contribution in [3.05, 3.63) is 77.0 Å². The molecule has 2 atom stereocenters. The van der Waals surface area contributed by atoms with Crippen molar-refractivity contribution in [2.75, 3.05) is 5.32 Å². The zero-order valence-electron chi connectivity index (χ0n) is 14.8. The van der Waals surface area contributed by atoms with Gasteiger partial charge in [-0.15, -0.1) is 11.3 Å². The van der Waals surface area contributed by atoms with Crippen LogP contribution in [0.5, 0.6) is 11.5 Å². The molecule has 2 unspecified atom stereocenters. The molecule has 0 radical (unpaired) electrons. The van der Waals surface area contributed by atoms with Crippen LogP contribution < -0.4 is 15.4 Å². The summed E-state index contributed by atoms with van der Waals surface area (Å²) in [6.45, 7) is 3.92. The van der Waals surface area contributed by atoms with E-state index in [9.17, 15) is 4.79 Å². The van der Waals surface area contributed by atoms with Gasteiger partial charge >= 0.3 is 0 Å². The van der Waals surface area contributed by atoms with Gasteiger partial charge in [0, 0.05) is 10.9 Å². The summed E-state index contributed by atoms with van der Waals surface area (Å²) in [5, 5.41) is 8.32. The van der Waals surface area contributed by atoms with Crippen LogP contribution in [0.1, 0.15) is 24.8 Å². The molecular weight excluding hydrogens is 344 g/mol. The third-order valence-electron chi connectivity index (χ3n) is 3.98. The Hall–Kier alpha value is -2.63. The molecule has 0 aliphatic rings. The first-order chi connectivity index (χ1) is 12.6. The number of para-hydroxylation sites is 3. The number of hydrogen-bond donors (Lipinski definition) is 2. The third kappa shape index (κ3) is 4.71. The predicted octanol–water partition coefficient (Wildman–Crippen LogP) is 5.22. The summed E-state index contributed by atoms with van der Waals surface area (Å²) in [5.41, 5.74) is 0.652. The monoisotopic (exact) mass is 366 g/mol. The number of amides is 1. The number of rotatable bonds is 7. The van der Waals surface area contributed by atoms with Crippen molar-refractivity contribution < 1.29 is 9.53 Å². The van der Waals surface area contributed by atoms with Crippen LogP contribution >= 0.6 is 11.3 Å². The van der Waals surface area contributed by atoms with Crippen LogP contribution in [0, 0.1) is 0 Å². The van der Waals surface area contributed by atoms with Crippen molar-refractivity contribution in [3.63, 3.8) is 0 Å². The summed E-state index contributed by atoms with van der Waals surface area (Å²) in [6.07, 6.45) is 0. The van der Waals surface area contributed by atoms with E-state index < -0.39 is 0 Å². The molecule has 2 N–H and O–H groups in total. The molecule has 4 nitrogen and oxygen atoms in total. The molecule has 0 spiro atoms. The molecule has 0 aliphatic carbocycles. The van der Waals surface area contributed by atoms with Crippen molar-refractivity contribution in [2.24, 2.45) is 0 Å². The van der Waals surface area contributed by atoms with E-state index in [1.54, 1.807) is 11.3 Å². The minimum atomic E-state index is -0.336. The zero-order valence-corrected chi connectivity index (χ0v) is 15.6. The summed E-state index contributed by atoms with van der Waals surface area (Å²) in [6, 6.07) is 20.8. The van der Waals surface area contributed by atoms with Crippen molar-refractivity contribution in [2.45, 2.75) is 25.9 Å². The number of carbonyl (C=O) groups is 1. The lowest BCUT2D eigenvalue weighted by Gasteiger charge is -2.19. The van der Waals surface area contributed by atoms with Gasteiger partial charge in [-0.25, -0.2) is 0 Å². The van der Waals surface area contributed by atoms with Gasteiger partial charge in [-0.2, -0.15) is 0 Å². The molecule has 0 saturated carbocycles. The van der Waals surface area contributed by atoms with Gasteiger partial charge in [0.05, 0.1) is 11.7 Å². The Morgan fingerprint density at radius 3 is 2.42 bits per heavy atom. The lowest BCUT2D eigenvalue weighted by atomic mass is 10.2. The summed E-state index contributed by atoms with van der Waals surface area (Å²) in [5.74, 6) is 1.25. The maximum Gasteiger partial charge on any atom is 0.241 e. The quantitative estimate of drug-likeness (QED) is 0.603. The summed E-state index contributed by atoms with van der Waals surface area (Å²) in [7, 11) is 0. The fourth-order valence-electron chi connectivity index (χ4n) is 2.59. The average molecular weight is 366 g/mol. The molecule has 3 aromatic rings. The first-order valence-electron chi connectivity index (χ1n) is 8.55. The zero-order chi connectivity index (χ0) is 18.4. The second-order valence-electron chi connectivity index (χ2n) is 6.03. The maximum absolute atomic E-state index is 12.6. The summed E-state index contributed by atoms with van der Waals surface area (Å²) in [4.78, 5) is 13.8. The van der Waals surface area contributed by atoms with Crippen LogP contribution in [0.4, 0.5) is 5.69 Å². The highest BCUT2D eigenvalue weighted by molar-refractivity contribution is 7.10. The van der Waals surface area contributed by atoms with Crippen molar-refractivity contribution >= 4 is 22.9 Å². The smallest absolute Gasteiger partial charge is 0.241 e. The van der Waals surface area contributed by atoms with E-state index in [1.165, 1.54) is 4.88 Å². The molecule has 1 aromatic heterocycles. The van der Waals surface area contributed by atoms with Crippen molar-refractivity contribution in [3.8, 4) is 11.5 Å². The fraction of sp³-hybridized carbons (Fsp3) is 0.190. The first kappa shape index (κ1) is 18.2. The Kier molecular flexibility index (Phi) is 6.04. The second kappa shape index (κ2) is 8.65. The number of benzene rings is 2. The van der Waals surface area contributed by atoms with Crippen LogP contribution in [-0.2, 0) is 4.79 Å². The molecule has 3 rings (SSSR count). The standard InChI is InChI=1S/C21H22N2O2S/c1-15(20-13-8-14-26-20)22-16(2)21(24)23-18-11-6-7-12-19(18)25-17-9-4-3-5-10-17/h3-16,22H,1-2H3,(H,23,24). The van der Waals surface area contributed by atoms with Gasteiger partial charge in [-0.05, 0) is 49.6 Å². The van der Waals surface area contributed by atoms with Gasteiger partial charge in [0.2, 0.25) is 5.91 Å². The van der Waals surface area contributed by atoms with E-state index in [1.807, 2.05) is 73.0 Å². The molecule has 5 heteroatoms. The first-order valence-corrected chi connectivity index (χ1v) is 9.43. The lowest BCUT2D eigenvalue weighted by Crippen LogP contribution is -2.39. The number of anilines is 1. The van der Waals surface area contributed by atoms with Gasteiger partial charge in [0.1, 0.15) is 5.75 Å². The van der Waals surface area contributed by atoms with E-state index in [2.05, 4.69) is 23.6 Å². The molecule has 26 heavy (non-hydrogen) atoms. The Morgan fingerprint density at radius 2 is 1.69 bits per heavy atom. The third-order valence-corrected chi connectivity index (χ3v) is 5.03. The minimum Gasteiger partial charge on any atom is -0.455 e. The molecule has 134 valence electrons. The average Bonchev–Trinajstić information content (AvgIpc) is 3.19. The molecule has 0 aliphatic heterocycles. The Labute approximate surface area is 157 Å². The van der Waals surface area contributed by atoms with Gasteiger partial charge in [0.25, 0.3) is 0 Å². The molecular formula is C21H22N2O2S. The number of thiophene rings is 1.